The van der Waals surface area contributed by atoms with Crippen LogP contribution in [0.25, 0.3) is 0 Å². The van der Waals surface area contributed by atoms with E-state index < -0.39 is 0 Å². The molecule has 0 saturated heterocycles. The summed E-state index contributed by atoms with van der Waals surface area (Å²) < 4.78 is 1.91. The molecule has 11 heavy (non-hydrogen) atoms. The first-order valence-corrected chi connectivity index (χ1v) is 4.24. The molecule has 1 heterocycles. The minimum Gasteiger partial charge on any atom is -0.261 e. The highest BCUT2D eigenvalue weighted by Crippen LogP contribution is 2.38. The van der Waals surface area contributed by atoms with Crippen LogP contribution in [0.15, 0.2) is 6.07 Å². The van der Waals surface area contributed by atoms with Gasteiger partial charge < -0.3 is 0 Å². The first-order valence-electron chi connectivity index (χ1n) is 4.24. The molecule has 1 saturated carbocycles. The largest absolute Gasteiger partial charge is 0.261 e. The fourth-order valence-corrected chi connectivity index (χ4v) is 1.16. The van der Waals surface area contributed by atoms with Gasteiger partial charge in [-0.2, -0.15) is 5.10 Å². The average molecular weight is 149 g/mol. The van der Waals surface area contributed by atoms with Crippen LogP contribution in [0, 0.1) is 6.20 Å². The summed E-state index contributed by atoms with van der Waals surface area (Å²) >= 11 is 0. The predicted molar refractivity (Wildman–Crippen MR) is 43.4 cm³/mol. The Morgan fingerprint density at radius 1 is 1.64 bits per heavy atom. The van der Waals surface area contributed by atoms with Crippen LogP contribution in [0.3, 0.4) is 0 Å². The fraction of sp³-hybridized carbons (Fsp3) is 0.667. The third-order valence-electron chi connectivity index (χ3n) is 2.05. The lowest BCUT2D eigenvalue weighted by Gasteiger charge is -2.02. The predicted octanol–water partition coefficient (Wildman–Crippen LogP) is 2.14. The summed E-state index contributed by atoms with van der Waals surface area (Å²) in [6.45, 7) is 4.25. The molecule has 1 aliphatic rings. The highest BCUT2D eigenvalue weighted by molar-refractivity contribution is 5.11. The van der Waals surface area contributed by atoms with Crippen LogP contribution in [0.5, 0.6) is 0 Å². The molecule has 1 aromatic rings. The molecule has 1 aromatic heterocycles. The Morgan fingerprint density at radius 2 is 2.36 bits per heavy atom. The minimum absolute atomic E-state index is 0.447. The van der Waals surface area contributed by atoms with Crippen molar-refractivity contribution in [3.05, 3.63) is 18.0 Å². The van der Waals surface area contributed by atoms with Gasteiger partial charge in [0, 0.05) is 12.0 Å². The number of nitrogens with zero attached hydrogens (tertiary/aromatic N) is 2. The van der Waals surface area contributed by atoms with Gasteiger partial charge in [-0.3, -0.25) is 4.68 Å². The van der Waals surface area contributed by atoms with Crippen LogP contribution in [-0.2, 0) is 0 Å². The van der Waals surface area contributed by atoms with Gasteiger partial charge in [-0.25, -0.2) is 0 Å². The number of hydrogen-bond acceptors (Lipinski definition) is 1. The summed E-state index contributed by atoms with van der Waals surface area (Å²) in [7, 11) is 0. The molecule has 0 unspecified atom stereocenters. The highest BCUT2D eigenvalue weighted by atomic mass is 15.3. The molecule has 1 aliphatic carbocycles. The molecule has 1 radical (unpaired) electrons. The van der Waals surface area contributed by atoms with Gasteiger partial charge in [-0.05, 0) is 32.8 Å². The van der Waals surface area contributed by atoms with Crippen LogP contribution in [-0.4, -0.2) is 9.78 Å². The van der Waals surface area contributed by atoms with Crippen LogP contribution in [0.2, 0.25) is 0 Å². The molecular formula is C9H13N2. The molecule has 0 amide bonds. The maximum atomic E-state index is 4.43. The number of hydrogen-bond donors (Lipinski definition) is 0. The summed E-state index contributed by atoms with van der Waals surface area (Å²) in [4.78, 5) is 0. The summed E-state index contributed by atoms with van der Waals surface area (Å²) in [6, 6.07) is 2.47. The molecule has 0 aliphatic heterocycles. The molecule has 0 spiro atoms. The van der Waals surface area contributed by atoms with Crippen molar-refractivity contribution >= 4 is 0 Å². The lowest BCUT2D eigenvalue weighted by atomic mass is 10.3. The third kappa shape index (κ3) is 1.30. The van der Waals surface area contributed by atoms with E-state index in [-0.39, 0.29) is 0 Å². The van der Waals surface area contributed by atoms with Crippen molar-refractivity contribution in [2.24, 2.45) is 0 Å². The Bertz CT molecular complexity index is 229. The SMILES string of the molecule is CC(C)n1[c]cc(C2CC2)n1. The standard InChI is InChI=1S/C9H13N2/c1-7(2)11-6-5-9(10-11)8-3-4-8/h5,7-8H,3-4H2,1-2H3. The summed E-state index contributed by atoms with van der Waals surface area (Å²) in [6.07, 6.45) is 5.78. The lowest BCUT2D eigenvalue weighted by Crippen LogP contribution is -2.01. The summed E-state index contributed by atoms with van der Waals surface area (Å²) in [5.74, 6) is 0.756. The van der Waals surface area contributed by atoms with E-state index >= 15 is 0 Å². The van der Waals surface area contributed by atoms with Crippen molar-refractivity contribution in [3.8, 4) is 0 Å². The van der Waals surface area contributed by atoms with Crippen molar-refractivity contribution in [1.82, 2.24) is 9.78 Å². The maximum Gasteiger partial charge on any atom is 0.0869 e. The normalized spacial score (nSPS) is 17.7. The molecule has 1 fully saturated rings. The minimum atomic E-state index is 0.447. The van der Waals surface area contributed by atoms with Gasteiger partial charge in [0.2, 0.25) is 0 Å². The molecule has 0 aromatic carbocycles. The molecule has 0 bridgehead atoms. The van der Waals surface area contributed by atoms with Gasteiger partial charge in [-0.1, -0.05) is 0 Å². The van der Waals surface area contributed by atoms with Crippen molar-refractivity contribution in [2.75, 3.05) is 0 Å². The van der Waals surface area contributed by atoms with E-state index in [2.05, 4.69) is 25.1 Å². The molecule has 0 atom stereocenters. The zero-order valence-electron chi connectivity index (χ0n) is 7.04. The van der Waals surface area contributed by atoms with Crippen LogP contribution in [0.4, 0.5) is 0 Å². The van der Waals surface area contributed by atoms with Crippen molar-refractivity contribution in [1.29, 1.82) is 0 Å². The maximum absolute atomic E-state index is 4.43. The van der Waals surface area contributed by atoms with E-state index in [0.717, 1.165) is 5.92 Å². The Morgan fingerprint density at radius 3 is 2.82 bits per heavy atom. The molecule has 0 N–H and O–H groups in total. The van der Waals surface area contributed by atoms with Crippen molar-refractivity contribution < 1.29 is 0 Å². The van der Waals surface area contributed by atoms with Gasteiger partial charge in [0.25, 0.3) is 0 Å². The molecule has 2 heteroatoms. The van der Waals surface area contributed by atoms with Gasteiger partial charge >= 0.3 is 0 Å². The molecule has 2 rings (SSSR count). The second-order valence-electron chi connectivity index (χ2n) is 3.51. The van der Waals surface area contributed by atoms with E-state index in [1.54, 1.807) is 0 Å². The first kappa shape index (κ1) is 6.89. The van der Waals surface area contributed by atoms with Gasteiger partial charge in [0.1, 0.15) is 0 Å². The Kier molecular flexibility index (Phi) is 1.48. The van der Waals surface area contributed by atoms with Gasteiger partial charge in [0.05, 0.1) is 11.9 Å². The van der Waals surface area contributed by atoms with Crippen molar-refractivity contribution in [3.63, 3.8) is 0 Å². The van der Waals surface area contributed by atoms with E-state index in [0.29, 0.717) is 6.04 Å². The Labute approximate surface area is 67.2 Å². The topological polar surface area (TPSA) is 17.8 Å². The average Bonchev–Trinajstić information content (AvgIpc) is 2.68. The second kappa shape index (κ2) is 2.36. The van der Waals surface area contributed by atoms with Crippen LogP contribution < -0.4 is 0 Å². The lowest BCUT2D eigenvalue weighted by molar-refractivity contribution is 0.523. The quantitative estimate of drug-likeness (QED) is 0.630. The van der Waals surface area contributed by atoms with Crippen molar-refractivity contribution in [2.45, 2.75) is 38.6 Å². The zero-order valence-corrected chi connectivity index (χ0v) is 7.04. The monoisotopic (exact) mass is 149 g/mol. The molecule has 2 nitrogen and oxygen atoms in total. The Hall–Kier alpha value is -0.790. The number of aromatic nitrogens is 2. The van der Waals surface area contributed by atoms with E-state index in [9.17, 15) is 0 Å². The summed E-state index contributed by atoms with van der Waals surface area (Å²) in [5, 5.41) is 4.43. The van der Waals surface area contributed by atoms with E-state index in [1.165, 1.54) is 18.5 Å². The second-order valence-corrected chi connectivity index (χ2v) is 3.51. The van der Waals surface area contributed by atoms with Gasteiger partial charge in [0.15, 0.2) is 0 Å². The highest BCUT2D eigenvalue weighted by Gasteiger charge is 2.25. The smallest absolute Gasteiger partial charge is 0.0869 e. The molecular weight excluding hydrogens is 136 g/mol. The first-order chi connectivity index (χ1) is 5.27. The molecule has 59 valence electrons. The van der Waals surface area contributed by atoms with Crippen LogP contribution >= 0.6 is 0 Å². The zero-order chi connectivity index (χ0) is 7.84. The number of rotatable bonds is 2. The van der Waals surface area contributed by atoms with Gasteiger partial charge in [-0.15, -0.1) is 0 Å². The fourth-order valence-electron chi connectivity index (χ4n) is 1.16. The van der Waals surface area contributed by atoms with E-state index in [4.69, 9.17) is 0 Å². The van der Waals surface area contributed by atoms with Crippen LogP contribution in [0.1, 0.15) is 44.3 Å². The summed E-state index contributed by atoms with van der Waals surface area (Å²) in [5.41, 5.74) is 1.23. The Balaban J connectivity index is 2.18. The van der Waals surface area contributed by atoms with E-state index in [1.807, 2.05) is 10.7 Å². The third-order valence-corrected chi connectivity index (χ3v) is 2.05.